The molecule has 1 aromatic carbocycles. The highest BCUT2D eigenvalue weighted by molar-refractivity contribution is 5.64. The van der Waals surface area contributed by atoms with Gasteiger partial charge in [-0.15, -0.1) is 0 Å². The van der Waals surface area contributed by atoms with Gasteiger partial charge in [-0.25, -0.2) is 4.98 Å². The summed E-state index contributed by atoms with van der Waals surface area (Å²) in [6.45, 7) is 0. The lowest BCUT2D eigenvalue weighted by Gasteiger charge is -2.00. The van der Waals surface area contributed by atoms with Gasteiger partial charge in [0.1, 0.15) is 5.82 Å². The first kappa shape index (κ1) is 11.5. The number of nitrogens with one attached hydrogen (secondary N) is 2. The van der Waals surface area contributed by atoms with Crippen molar-refractivity contribution in [3.8, 4) is 11.3 Å². The number of rotatable bonds is 3. The average molecular weight is 253 g/mol. The third-order valence-electron chi connectivity index (χ3n) is 3.05. The van der Waals surface area contributed by atoms with Crippen molar-refractivity contribution in [1.29, 1.82) is 0 Å². The van der Waals surface area contributed by atoms with E-state index in [0.717, 1.165) is 22.8 Å². The van der Waals surface area contributed by atoms with Crippen molar-refractivity contribution in [2.75, 3.05) is 24.7 Å². The van der Waals surface area contributed by atoms with Crippen LogP contribution in [0.1, 0.15) is 0 Å². The van der Waals surface area contributed by atoms with Crippen molar-refractivity contribution in [2.45, 2.75) is 0 Å². The zero-order valence-electron chi connectivity index (χ0n) is 10.9. The van der Waals surface area contributed by atoms with Crippen LogP contribution in [0.3, 0.4) is 0 Å². The van der Waals surface area contributed by atoms with Gasteiger partial charge >= 0.3 is 0 Å². The Bertz CT molecular complexity index is 699. The Morgan fingerprint density at radius 1 is 0.947 bits per heavy atom. The zero-order chi connectivity index (χ0) is 13.2. The minimum atomic E-state index is 0.694. The largest absolute Gasteiger partial charge is 0.388 e. The van der Waals surface area contributed by atoms with Crippen LogP contribution in [0.25, 0.3) is 17.0 Å². The molecule has 2 aromatic heterocycles. The molecule has 2 heterocycles. The first-order valence-electron chi connectivity index (χ1n) is 6.12. The summed E-state index contributed by atoms with van der Waals surface area (Å²) in [6.07, 6.45) is 3.93. The predicted octanol–water partition coefficient (Wildman–Crippen LogP) is 2.48. The lowest BCUT2D eigenvalue weighted by molar-refractivity contribution is 1.11. The Kier molecular flexibility index (Phi) is 2.79. The molecule has 0 aliphatic carbocycles. The van der Waals surface area contributed by atoms with Gasteiger partial charge in [-0.3, -0.25) is 4.40 Å². The second kappa shape index (κ2) is 4.61. The van der Waals surface area contributed by atoms with E-state index in [0.29, 0.717) is 5.78 Å². The van der Waals surface area contributed by atoms with Crippen LogP contribution in [-0.4, -0.2) is 28.5 Å². The molecule has 5 nitrogen and oxygen atoms in total. The Hall–Kier alpha value is -2.56. The van der Waals surface area contributed by atoms with E-state index in [-0.39, 0.29) is 0 Å². The number of aromatic nitrogens is 3. The smallest absolute Gasteiger partial charge is 0.236 e. The third-order valence-corrected chi connectivity index (χ3v) is 3.05. The van der Waals surface area contributed by atoms with Crippen LogP contribution >= 0.6 is 0 Å². The quantitative estimate of drug-likeness (QED) is 0.753. The fraction of sp³-hybridized carbons (Fsp3) is 0.143. The van der Waals surface area contributed by atoms with Crippen molar-refractivity contribution >= 4 is 17.3 Å². The molecule has 0 spiro atoms. The van der Waals surface area contributed by atoms with Gasteiger partial charge in [0, 0.05) is 37.7 Å². The summed E-state index contributed by atoms with van der Waals surface area (Å²) < 4.78 is 1.92. The van der Waals surface area contributed by atoms with Crippen molar-refractivity contribution in [3.05, 3.63) is 42.7 Å². The second-order valence-electron chi connectivity index (χ2n) is 4.22. The minimum Gasteiger partial charge on any atom is -0.388 e. The van der Waals surface area contributed by atoms with Crippen molar-refractivity contribution in [3.63, 3.8) is 0 Å². The number of nitrogens with zero attached hydrogens (tertiary/aromatic N) is 3. The average Bonchev–Trinajstić information content (AvgIpc) is 2.90. The first-order valence-corrected chi connectivity index (χ1v) is 6.12. The number of fused-ring (bicyclic) bond motifs is 1. The van der Waals surface area contributed by atoms with Gasteiger partial charge in [0.2, 0.25) is 5.78 Å². The van der Waals surface area contributed by atoms with Gasteiger partial charge in [-0.1, -0.05) is 12.1 Å². The van der Waals surface area contributed by atoms with Gasteiger partial charge in [-0.05, 0) is 18.2 Å². The topological polar surface area (TPSA) is 54.2 Å². The fourth-order valence-corrected chi connectivity index (χ4v) is 1.96. The van der Waals surface area contributed by atoms with E-state index < -0.39 is 0 Å². The van der Waals surface area contributed by atoms with Gasteiger partial charge in [0.15, 0.2) is 0 Å². The van der Waals surface area contributed by atoms with Crippen molar-refractivity contribution < 1.29 is 0 Å². The second-order valence-corrected chi connectivity index (χ2v) is 4.22. The van der Waals surface area contributed by atoms with Gasteiger partial charge < -0.3 is 10.6 Å². The lowest BCUT2D eigenvalue weighted by atomic mass is 10.1. The van der Waals surface area contributed by atoms with Crippen molar-refractivity contribution in [2.24, 2.45) is 0 Å². The number of benzene rings is 1. The molecule has 0 amide bonds. The van der Waals surface area contributed by atoms with Gasteiger partial charge in [0.05, 0.1) is 5.69 Å². The Morgan fingerprint density at radius 3 is 2.42 bits per heavy atom. The molecular weight excluding hydrogens is 238 g/mol. The van der Waals surface area contributed by atoms with Crippen LogP contribution in [-0.2, 0) is 0 Å². The molecule has 0 aliphatic rings. The van der Waals surface area contributed by atoms with Gasteiger partial charge in [0.25, 0.3) is 0 Å². The number of hydrogen-bond acceptors (Lipinski definition) is 4. The van der Waals surface area contributed by atoms with E-state index in [4.69, 9.17) is 0 Å². The molecule has 0 unspecified atom stereocenters. The summed E-state index contributed by atoms with van der Waals surface area (Å²) >= 11 is 0. The van der Waals surface area contributed by atoms with Crippen LogP contribution in [0.2, 0.25) is 0 Å². The monoisotopic (exact) mass is 253 g/mol. The van der Waals surface area contributed by atoms with Crippen LogP contribution in [0, 0.1) is 0 Å². The molecule has 0 bridgehead atoms. The SMILES string of the molecule is CNc1ccc(-c2cn3ccc(NC)nc3n2)cc1. The number of anilines is 2. The van der Waals surface area contributed by atoms with E-state index >= 15 is 0 Å². The third kappa shape index (κ3) is 2.10. The maximum absolute atomic E-state index is 4.54. The Labute approximate surface area is 111 Å². The molecule has 0 saturated heterocycles. The summed E-state index contributed by atoms with van der Waals surface area (Å²) in [5.41, 5.74) is 3.09. The Morgan fingerprint density at radius 2 is 1.74 bits per heavy atom. The van der Waals surface area contributed by atoms with E-state index in [9.17, 15) is 0 Å². The molecule has 5 heteroatoms. The molecule has 0 fully saturated rings. The summed E-state index contributed by atoms with van der Waals surface area (Å²) in [7, 11) is 3.75. The maximum Gasteiger partial charge on any atom is 0.236 e. The molecule has 3 rings (SSSR count). The molecule has 3 aromatic rings. The van der Waals surface area contributed by atoms with E-state index in [1.165, 1.54) is 0 Å². The van der Waals surface area contributed by atoms with Gasteiger partial charge in [-0.2, -0.15) is 4.98 Å². The molecule has 19 heavy (non-hydrogen) atoms. The predicted molar refractivity (Wildman–Crippen MR) is 77.5 cm³/mol. The summed E-state index contributed by atoms with van der Waals surface area (Å²) in [5, 5.41) is 6.11. The molecular formula is C14H15N5. The highest BCUT2D eigenvalue weighted by Crippen LogP contribution is 2.21. The summed E-state index contributed by atoms with van der Waals surface area (Å²) in [4.78, 5) is 8.94. The minimum absolute atomic E-state index is 0.694. The highest BCUT2D eigenvalue weighted by Gasteiger charge is 2.05. The standard InChI is InChI=1S/C14H15N5/c1-15-11-5-3-10(4-6-11)12-9-19-8-7-13(16-2)18-14(19)17-12/h3-9,15H,1-2H3,(H,16,17,18). The normalized spacial score (nSPS) is 10.6. The summed E-state index contributed by atoms with van der Waals surface area (Å²) in [5.74, 6) is 1.51. The molecule has 2 N–H and O–H groups in total. The van der Waals surface area contributed by atoms with Crippen LogP contribution < -0.4 is 10.6 Å². The molecule has 0 atom stereocenters. The molecule has 0 saturated carbocycles. The van der Waals surface area contributed by atoms with Crippen LogP contribution in [0.5, 0.6) is 0 Å². The fourth-order valence-electron chi connectivity index (χ4n) is 1.96. The molecule has 0 radical (unpaired) electrons. The van der Waals surface area contributed by atoms with E-state index in [1.54, 1.807) is 0 Å². The zero-order valence-corrected chi connectivity index (χ0v) is 10.9. The summed E-state index contributed by atoms with van der Waals surface area (Å²) in [6, 6.07) is 10.1. The van der Waals surface area contributed by atoms with Crippen LogP contribution in [0.4, 0.5) is 11.5 Å². The Balaban J connectivity index is 2.04. The van der Waals surface area contributed by atoms with Crippen LogP contribution in [0.15, 0.2) is 42.7 Å². The first-order chi connectivity index (χ1) is 9.30. The maximum atomic E-state index is 4.54. The number of hydrogen-bond donors (Lipinski definition) is 2. The lowest BCUT2D eigenvalue weighted by Crippen LogP contribution is -1.94. The number of imidazole rings is 1. The molecule has 96 valence electrons. The van der Waals surface area contributed by atoms with Crippen molar-refractivity contribution in [1.82, 2.24) is 14.4 Å². The van der Waals surface area contributed by atoms with E-state index in [2.05, 4.69) is 20.6 Å². The van der Waals surface area contributed by atoms with E-state index in [1.807, 2.05) is 61.2 Å². The molecule has 0 aliphatic heterocycles. The highest BCUT2D eigenvalue weighted by atomic mass is 15.1.